The van der Waals surface area contributed by atoms with Gasteiger partial charge in [-0.25, -0.2) is 9.67 Å². The van der Waals surface area contributed by atoms with Gasteiger partial charge in [0.2, 0.25) is 0 Å². The van der Waals surface area contributed by atoms with Crippen LogP contribution in [0.5, 0.6) is 0 Å². The van der Waals surface area contributed by atoms with Gasteiger partial charge in [-0.15, -0.1) is 0 Å². The van der Waals surface area contributed by atoms with Crippen LogP contribution in [-0.4, -0.2) is 23.9 Å². The lowest BCUT2D eigenvalue weighted by Crippen LogP contribution is -2.24. The summed E-state index contributed by atoms with van der Waals surface area (Å²) in [5, 5.41) is 6.26. The molecule has 7 aromatic rings. The Kier molecular flexibility index (Phi) is 5.94. The van der Waals surface area contributed by atoms with E-state index in [2.05, 4.69) is 0 Å². The fourth-order valence-corrected chi connectivity index (χ4v) is 5.54. The Morgan fingerprint density at radius 3 is 1.78 bits per heavy atom. The minimum absolute atomic E-state index is 0.224. The Hall–Kier alpha value is -5.14. The highest BCUT2D eigenvalue weighted by Crippen LogP contribution is 2.31. The number of hydrogen-bond donors (Lipinski definition) is 0. The fourth-order valence-electron chi connectivity index (χ4n) is 5.16. The molecule has 3 aromatic heterocycles. The topological polar surface area (TPSA) is 57.6 Å². The third-order valence-corrected chi connectivity index (χ3v) is 7.66. The zero-order valence-corrected chi connectivity index (χ0v) is 23.3. The Bertz CT molecular complexity index is 2180. The lowest BCUT2D eigenvalue weighted by Gasteiger charge is -2.16. The minimum Gasteiger partial charge on any atom is -0.270 e. The molecule has 7 heteroatoms. The van der Waals surface area contributed by atoms with Crippen LogP contribution in [0.1, 0.15) is 11.1 Å². The molecule has 0 amide bonds. The first-order valence-electron chi connectivity index (χ1n) is 13.4. The fraction of sp³-hybridized carbons (Fsp3) is 0.0588. The molecular formula is C34H25N5OS. The highest BCUT2D eigenvalue weighted by molar-refractivity contribution is 7.71. The van der Waals surface area contributed by atoms with E-state index in [1.165, 1.54) is 0 Å². The van der Waals surface area contributed by atoms with Gasteiger partial charge in [0.05, 0.1) is 16.8 Å². The van der Waals surface area contributed by atoms with Gasteiger partial charge in [0.25, 0.3) is 5.56 Å². The van der Waals surface area contributed by atoms with Crippen molar-refractivity contribution in [2.24, 2.45) is 0 Å². The van der Waals surface area contributed by atoms with Crippen LogP contribution in [0.15, 0.2) is 120 Å². The molecule has 41 heavy (non-hydrogen) atoms. The van der Waals surface area contributed by atoms with E-state index in [1.54, 1.807) is 4.57 Å². The number of fused-ring (bicyclic) bond motifs is 2. The third kappa shape index (κ3) is 4.18. The van der Waals surface area contributed by atoms with Crippen LogP contribution in [0.25, 0.3) is 50.4 Å². The minimum atomic E-state index is -0.224. The molecule has 0 saturated heterocycles. The molecule has 0 unspecified atom stereocenters. The van der Waals surface area contributed by atoms with Crippen LogP contribution >= 0.6 is 12.2 Å². The van der Waals surface area contributed by atoms with Gasteiger partial charge in [-0.2, -0.15) is 5.10 Å². The van der Waals surface area contributed by atoms with E-state index in [0.717, 1.165) is 39.1 Å². The molecule has 0 aliphatic carbocycles. The Labute approximate surface area is 241 Å². The Morgan fingerprint density at radius 2 is 1.17 bits per heavy atom. The summed E-state index contributed by atoms with van der Waals surface area (Å²) in [6, 6.07) is 37.7. The van der Waals surface area contributed by atoms with Gasteiger partial charge in [-0.1, -0.05) is 83.9 Å². The van der Waals surface area contributed by atoms with Gasteiger partial charge in [0, 0.05) is 16.6 Å². The second-order valence-electron chi connectivity index (χ2n) is 10.1. The van der Waals surface area contributed by atoms with Crippen molar-refractivity contribution in [1.82, 2.24) is 23.9 Å². The molecule has 0 aliphatic heterocycles. The maximum Gasteiger partial charge on any atom is 0.268 e. The van der Waals surface area contributed by atoms with Crippen molar-refractivity contribution in [3.05, 3.63) is 142 Å². The molecule has 7 rings (SSSR count). The second-order valence-corrected chi connectivity index (χ2v) is 10.5. The maximum absolute atomic E-state index is 14.3. The number of rotatable bonds is 4. The van der Waals surface area contributed by atoms with Crippen molar-refractivity contribution < 1.29 is 0 Å². The maximum atomic E-state index is 14.3. The number of aryl methyl sites for hydroxylation is 2. The average Bonchev–Trinajstić information content (AvgIpc) is 3.38. The summed E-state index contributed by atoms with van der Waals surface area (Å²) < 4.78 is 5.66. The molecular weight excluding hydrogens is 526 g/mol. The van der Waals surface area contributed by atoms with Crippen LogP contribution in [-0.2, 0) is 0 Å². The molecule has 0 radical (unpaired) electrons. The zero-order valence-electron chi connectivity index (χ0n) is 22.5. The normalized spacial score (nSPS) is 11.4. The highest BCUT2D eigenvalue weighted by atomic mass is 32.1. The number of benzene rings is 4. The summed E-state index contributed by atoms with van der Waals surface area (Å²) in [6.45, 7) is 4.06. The quantitative estimate of drug-likeness (QED) is 0.212. The molecule has 0 atom stereocenters. The van der Waals surface area contributed by atoms with E-state index in [4.69, 9.17) is 22.3 Å². The molecule has 198 valence electrons. The van der Waals surface area contributed by atoms with E-state index in [9.17, 15) is 4.79 Å². The summed E-state index contributed by atoms with van der Waals surface area (Å²) in [6.07, 6.45) is 0. The number of para-hydroxylation sites is 1. The molecule has 0 bridgehead atoms. The van der Waals surface area contributed by atoms with Gasteiger partial charge >= 0.3 is 0 Å². The predicted molar refractivity (Wildman–Crippen MR) is 167 cm³/mol. The number of aromatic nitrogens is 5. The number of nitrogens with zero attached hydrogens (tertiary/aromatic N) is 5. The first kappa shape index (κ1) is 24.9. The van der Waals surface area contributed by atoms with Gasteiger partial charge in [0.15, 0.2) is 16.1 Å². The summed E-state index contributed by atoms with van der Waals surface area (Å²) in [5.74, 6) is 0. The van der Waals surface area contributed by atoms with Crippen molar-refractivity contribution in [1.29, 1.82) is 0 Å². The SMILES string of the molecule is Cc1ccc(-n2c(=O)c3cc4c(-c5ccccc5)nn(-c5ccccc5)c4nc3n(-c3ccc(C)cc3)c2=S)cc1. The van der Waals surface area contributed by atoms with Crippen molar-refractivity contribution in [2.75, 3.05) is 0 Å². The van der Waals surface area contributed by atoms with Crippen LogP contribution in [0.3, 0.4) is 0 Å². The van der Waals surface area contributed by atoms with Crippen LogP contribution < -0.4 is 5.56 Å². The van der Waals surface area contributed by atoms with Gasteiger partial charge in [-0.3, -0.25) is 13.9 Å². The van der Waals surface area contributed by atoms with E-state index >= 15 is 0 Å². The monoisotopic (exact) mass is 551 g/mol. The van der Waals surface area contributed by atoms with Crippen LogP contribution in [0.2, 0.25) is 0 Å². The van der Waals surface area contributed by atoms with E-state index in [0.29, 0.717) is 27.1 Å². The largest absolute Gasteiger partial charge is 0.270 e. The molecule has 0 fully saturated rings. The first-order valence-corrected chi connectivity index (χ1v) is 13.8. The van der Waals surface area contributed by atoms with Gasteiger partial charge in [-0.05, 0) is 68.5 Å². The smallest absolute Gasteiger partial charge is 0.268 e. The van der Waals surface area contributed by atoms with Crippen LogP contribution in [0, 0.1) is 18.6 Å². The summed E-state index contributed by atoms with van der Waals surface area (Å²) >= 11 is 6.03. The Morgan fingerprint density at radius 1 is 0.610 bits per heavy atom. The third-order valence-electron chi connectivity index (χ3n) is 7.30. The lowest BCUT2D eigenvalue weighted by molar-refractivity contribution is 0.860. The molecule has 0 spiro atoms. The van der Waals surface area contributed by atoms with Gasteiger partial charge < -0.3 is 0 Å². The van der Waals surface area contributed by atoms with E-state index in [-0.39, 0.29) is 5.56 Å². The first-order chi connectivity index (χ1) is 20.0. The number of pyridine rings is 1. The van der Waals surface area contributed by atoms with Crippen molar-refractivity contribution in [3.8, 4) is 28.3 Å². The summed E-state index contributed by atoms with van der Waals surface area (Å²) in [5.41, 5.74) is 7.23. The van der Waals surface area contributed by atoms with Crippen LogP contribution in [0.4, 0.5) is 0 Å². The Balaban J connectivity index is 1.65. The van der Waals surface area contributed by atoms with Gasteiger partial charge in [0.1, 0.15) is 5.69 Å². The standard InChI is InChI=1S/C34H25N5OS/c1-22-13-17-25(18-14-22)37-31-29(33(40)38(34(37)41)26-19-15-23(2)16-20-26)21-28-30(24-9-5-3-6-10-24)36-39(32(28)35-31)27-11-7-4-8-12-27/h3-21H,1-2H3. The molecule has 0 aliphatic rings. The average molecular weight is 552 g/mol. The highest BCUT2D eigenvalue weighted by Gasteiger charge is 2.21. The molecule has 3 heterocycles. The lowest BCUT2D eigenvalue weighted by atomic mass is 10.1. The van der Waals surface area contributed by atoms with Crippen molar-refractivity contribution in [3.63, 3.8) is 0 Å². The molecule has 4 aromatic carbocycles. The van der Waals surface area contributed by atoms with Crippen molar-refractivity contribution in [2.45, 2.75) is 13.8 Å². The molecule has 6 nitrogen and oxygen atoms in total. The van der Waals surface area contributed by atoms with E-state index in [1.807, 2.05) is 138 Å². The molecule has 0 N–H and O–H groups in total. The molecule has 0 saturated carbocycles. The van der Waals surface area contributed by atoms with E-state index < -0.39 is 0 Å². The van der Waals surface area contributed by atoms with Crippen molar-refractivity contribution >= 4 is 34.3 Å². The second kappa shape index (κ2) is 9.80. The summed E-state index contributed by atoms with van der Waals surface area (Å²) in [4.78, 5) is 19.4. The summed E-state index contributed by atoms with van der Waals surface area (Å²) in [7, 11) is 0. The zero-order chi connectivity index (χ0) is 28.1. The number of hydrogen-bond acceptors (Lipinski definition) is 4. The predicted octanol–water partition coefficient (Wildman–Crippen LogP) is 7.53.